The van der Waals surface area contributed by atoms with Crippen molar-refractivity contribution in [2.45, 2.75) is 51.4 Å². The van der Waals surface area contributed by atoms with Crippen molar-refractivity contribution >= 4 is 23.3 Å². The number of ether oxygens (including phenoxy) is 1. The molecule has 1 aromatic heterocycles. The number of nitrogens with zero attached hydrogens (tertiary/aromatic N) is 2. The van der Waals surface area contributed by atoms with E-state index in [0.29, 0.717) is 42.3 Å². The fourth-order valence-electron chi connectivity index (χ4n) is 5.42. The van der Waals surface area contributed by atoms with Crippen LogP contribution in [0.3, 0.4) is 0 Å². The van der Waals surface area contributed by atoms with E-state index in [0.717, 1.165) is 47.3 Å². The number of esters is 1. The molecule has 0 bridgehead atoms. The summed E-state index contributed by atoms with van der Waals surface area (Å²) in [5.41, 5.74) is 6.55. The first-order valence-electron chi connectivity index (χ1n) is 13.8. The van der Waals surface area contributed by atoms with Crippen molar-refractivity contribution in [2.24, 2.45) is 0 Å². The van der Waals surface area contributed by atoms with Gasteiger partial charge in [0.25, 0.3) is 0 Å². The van der Waals surface area contributed by atoms with Crippen LogP contribution in [0.25, 0.3) is 22.5 Å². The van der Waals surface area contributed by atoms with Gasteiger partial charge in [-0.1, -0.05) is 71.4 Å². The Kier molecular flexibility index (Phi) is 8.27. The van der Waals surface area contributed by atoms with E-state index in [4.69, 9.17) is 20.9 Å². The van der Waals surface area contributed by atoms with Gasteiger partial charge in [0, 0.05) is 35.2 Å². The average molecular weight is 561 g/mol. The highest BCUT2D eigenvalue weighted by Gasteiger charge is 2.46. The van der Waals surface area contributed by atoms with E-state index in [-0.39, 0.29) is 17.2 Å². The molecule has 1 fully saturated rings. The smallest absolute Gasteiger partial charge is 0.306 e. The molecule has 1 heterocycles. The predicted molar refractivity (Wildman–Crippen MR) is 157 cm³/mol. The van der Waals surface area contributed by atoms with Gasteiger partial charge in [0.05, 0.1) is 13.0 Å². The van der Waals surface area contributed by atoms with Gasteiger partial charge in [-0.05, 0) is 68.4 Å². The number of anilines is 1. The number of rotatable bonds is 11. The van der Waals surface area contributed by atoms with Crippen LogP contribution >= 0.6 is 11.6 Å². The van der Waals surface area contributed by atoms with Crippen molar-refractivity contribution in [1.82, 2.24) is 5.16 Å². The van der Waals surface area contributed by atoms with Crippen LogP contribution < -0.4 is 4.90 Å². The topological polar surface area (TPSA) is 55.6 Å². The van der Waals surface area contributed by atoms with E-state index in [1.807, 2.05) is 33.0 Å². The van der Waals surface area contributed by atoms with Gasteiger partial charge in [-0.3, -0.25) is 4.79 Å². The average Bonchev–Trinajstić information content (AvgIpc) is 3.62. The van der Waals surface area contributed by atoms with E-state index in [2.05, 4.69) is 46.5 Å². The van der Waals surface area contributed by atoms with Crippen LogP contribution in [0.4, 0.5) is 10.1 Å². The first-order valence-corrected chi connectivity index (χ1v) is 14.2. The number of halogens is 2. The number of benzene rings is 3. The van der Waals surface area contributed by atoms with Crippen molar-refractivity contribution in [3.05, 3.63) is 94.4 Å². The summed E-state index contributed by atoms with van der Waals surface area (Å²) in [5, 5.41) is 4.69. The van der Waals surface area contributed by atoms with Crippen LogP contribution in [-0.2, 0) is 21.4 Å². The molecule has 7 heteroatoms. The minimum absolute atomic E-state index is 0.0667. The molecule has 0 radical (unpaired) electrons. The lowest BCUT2D eigenvalue weighted by Crippen LogP contribution is -2.20. The monoisotopic (exact) mass is 560 g/mol. The fourth-order valence-corrected chi connectivity index (χ4v) is 5.67. The highest BCUT2D eigenvalue weighted by Crippen LogP contribution is 2.51. The molecule has 0 aliphatic heterocycles. The van der Waals surface area contributed by atoms with Gasteiger partial charge in [-0.2, -0.15) is 0 Å². The summed E-state index contributed by atoms with van der Waals surface area (Å²) < 4.78 is 25.1. The van der Waals surface area contributed by atoms with E-state index < -0.39 is 0 Å². The number of hydrogen-bond acceptors (Lipinski definition) is 5. The van der Waals surface area contributed by atoms with Crippen molar-refractivity contribution in [3.63, 3.8) is 0 Å². The van der Waals surface area contributed by atoms with E-state index in [1.54, 1.807) is 12.1 Å². The molecule has 0 unspecified atom stereocenters. The molecule has 40 heavy (non-hydrogen) atoms. The maximum atomic E-state index is 14.2. The molecule has 0 amide bonds. The Balaban J connectivity index is 1.26. The van der Waals surface area contributed by atoms with Crippen LogP contribution in [0.15, 0.2) is 71.3 Å². The van der Waals surface area contributed by atoms with Crippen LogP contribution in [0.2, 0.25) is 5.02 Å². The van der Waals surface area contributed by atoms with Gasteiger partial charge < -0.3 is 14.2 Å². The first-order chi connectivity index (χ1) is 19.3. The quantitative estimate of drug-likeness (QED) is 0.173. The van der Waals surface area contributed by atoms with Crippen LogP contribution in [0.1, 0.15) is 49.4 Å². The van der Waals surface area contributed by atoms with E-state index in [1.165, 1.54) is 11.6 Å². The SMILES string of the molecule is CCOC(=O)CC1(c2ccc(-c3ccc(-c4onc(C)c4N(C)CCCc4c(F)cccc4Cl)cc3)cc2)CC1. The van der Waals surface area contributed by atoms with Gasteiger partial charge in [-0.25, -0.2) is 4.39 Å². The number of aryl methyl sites for hydroxylation is 1. The Hall–Kier alpha value is -3.64. The fraction of sp³-hybridized carbons (Fsp3) is 0.333. The van der Waals surface area contributed by atoms with Crippen molar-refractivity contribution < 1.29 is 18.4 Å². The van der Waals surface area contributed by atoms with Crippen molar-refractivity contribution in [1.29, 1.82) is 0 Å². The third-order valence-corrected chi connectivity index (χ3v) is 8.17. The largest absolute Gasteiger partial charge is 0.466 e. The molecular weight excluding hydrogens is 527 g/mol. The second kappa shape index (κ2) is 11.8. The normalized spacial score (nSPS) is 13.7. The third-order valence-electron chi connectivity index (χ3n) is 7.81. The van der Waals surface area contributed by atoms with Crippen LogP contribution in [0, 0.1) is 12.7 Å². The van der Waals surface area contributed by atoms with Crippen molar-refractivity contribution in [2.75, 3.05) is 25.1 Å². The van der Waals surface area contributed by atoms with E-state index in [9.17, 15) is 9.18 Å². The molecule has 0 saturated heterocycles. The summed E-state index contributed by atoms with van der Waals surface area (Å²) in [5.74, 6) is 0.317. The Morgan fingerprint density at radius 3 is 2.33 bits per heavy atom. The van der Waals surface area contributed by atoms with Gasteiger partial charge >= 0.3 is 5.97 Å². The molecule has 0 atom stereocenters. The molecule has 3 aromatic carbocycles. The Labute approximate surface area is 239 Å². The highest BCUT2D eigenvalue weighted by molar-refractivity contribution is 6.31. The second-order valence-corrected chi connectivity index (χ2v) is 11.0. The van der Waals surface area contributed by atoms with Gasteiger partial charge in [0.15, 0.2) is 5.76 Å². The first kappa shape index (κ1) is 27.9. The van der Waals surface area contributed by atoms with Crippen LogP contribution in [-0.4, -0.2) is 31.3 Å². The van der Waals surface area contributed by atoms with Gasteiger partial charge in [0.2, 0.25) is 0 Å². The maximum Gasteiger partial charge on any atom is 0.306 e. The molecule has 5 nitrogen and oxygen atoms in total. The molecule has 1 aliphatic carbocycles. The number of hydrogen-bond donors (Lipinski definition) is 0. The number of aromatic nitrogens is 1. The number of carbonyl (C=O) groups excluding carboxylic acids is 1. The molecule has 0 spiro atoms. The summed E-state index contributed by atoms with van der Waals surface area (Å²) in [7, 11) is 2.00. The second-order valence-electron chi connectivity index (χ2n) is 10.6. The summed E-state index contributed by atoms with van der Waals surface area (Å²) in [6.07, 6.45) is 3.76. The molecule has 5 rings (SSSR count). The zero-order valence-electron chi connectivity index (χ0n) is 23.2. The zero-order valence-corrected chi connectivity index (χ0v) is 23.9. The van der Waals surface area contributed by atoms with Gasteiger partial charge in [0.1, 0.15) is 17.2 Å². The number of carbonyl (C=O) groups is 1. The minimum Gasteiger partial charge on any atom is -0.466 e. The zero-order chi connectivity index (χ0) is 28.3. The van der Waals surface area contributed by atoms with Gasteiger partial charge in [-0.15, -0.1) is 0 Å². The third kappa shape index (κ3) is 5.92. The lowest BCUT2D eigenvalue weighted by Gasteiger charge is -2.19. The molecule has 208 valence electrons. The Morgan fingerprint density at radius 1 is 1.05 bits per heavy atom. The summed E-state index contributed by atoms with van der Waals surface area (Å²) in [6.45, 7) is 4.88. The molecule has 0 N–H and O–H groups in total. The van der Waals surface area contributed by atoms with Crippen LogP contribution in [0.5, 0.6) is 0 Å². The molecular formula is C33H34ClFN2O3. The standard InChI is InChI=1S/C33H34ClFN2O3/c1-4-39-30(38)21-33(18-19-33)26-16-14-24(15-17-26)23-10-12-25(13-11-23)32-31(22(2)36-40-32)37(3)20-6-7-27-28(34)8-5-9-29(27)35/h5,8-17H,4,6-7,18-21H2,1-3H3. The highest BCUT2D eigenvalue weighted by atomic mass is 35.5. The lowest BCUT2D eigenvalue weighted by atomic mass is 9.91. The Bertz CT molecular complexity index is 1460. The summed E-state index contributed by atoms with van der Waals surface area (Å²) >= 11 is 6.20. The molecule has 1 saturated carbocycles. The van der Waals surface area contributed by atoms with Crippen molar-refractivity contribution in [3.8, 4) is 22.5 Å². The molecule has 1 aliphatic rings. The predicted octanol–water partition coefficient (Wildman–Crippen LogP) is 8.16. The summed E-state index contributed by atoms with van der Waals surface area (Å²) in [4.78, 5) is 14.2. The maximum absolute atomic E-state index is 14.2. The Morgan fingerprint density at radius 2 is 1.70 bits per heavy atom. The van der Waals surface area contributed by atoms with E-state index >= 15 is 0 Å². The summed E-state index contributed by atoms with van der Waals surface area (Å²) in [6, 6.07) is 21.6. The lowest BCUT2D eigenvalue weighted by molar-refractivity contribution is -0.143. The molecule has 4 aromatic rings. The minimum atomic E-state index is -0.268.